The van der Waals surface area contributed by atoms with Crippen molar-refractivity contribution in [1.29, 1.82) is 0 Å². The Balaban J connectivity index is 1.42. The summed E-state index contributed by atoms with van der Waals surface area (Å²) in [4.78, 5) is 0. The largest absolute Gasteiger partial charge is 0.504 e. The van der Waals surface area contributed by atoms with Gasteiger partial charge in [0, 0.05) is 23.4 Å². The minimum Gasteiger partial charge on any atom is -0.504 e. The Morgan fingerprint density at radius 1 is 0.698 bits per heavy atom. The normalized spacial score (nSPS) is 10.8. The van der Waals surface area contributed by atoms with Gasteiger partial charge in [0.1, 0.15) is 18.2 Å². The minimum absolute atomic E-state index is 0.0780. The third kappa shape index (κ3) is 6.51. The van der Waals surface area contributed by atoms with E-state index in [9.17, 15) is 10.2 Å². The summed E-state index contributed by atoms with van der Waals surface area (Å²) in [6.45, 7) is 4.88. The number of aromatic hydroxyl groups is 2. The number of aryl methyl sites for hydroxylation is 2. The van der Waals surface area contributed by atoms with Gasteiger partial charge in [-0.15, -0.1) is 0 Å². The maximum Gasteiger partial charge on any atom is 0.170 e. The molecule has 5 aromatic rings. The van der Waals surface area contributed by atoms with E-state index in [0.717, 1.165) is 16.7 Å². The number of rotatable bonds is 10. The SMILES string of the molecule is COc1cc(-c2ccc(NCc3ccc(C)cc3)cc2F)c(OC)c(O)c1-c1ccc(OCc2ccc(C)cc2)c(O)c1. The number of phenolic OH excluding ortho intramolecular Hbond substituents is 2. The van der Waals surface area contributed by atoms with Gasteiger partial charge in [0.15, 0.2) is 23.0 Å². The number of methoxy groups -OCH3 is 2. The molecular weight excluding hydrogens is 545 g/mol. The Hall–Kier alpha value is -5.17. The summed E-state index contributed by atoms with van der Waals surface area (Å²) in [6, 6.07) is 27.3. The Morgan fingerprint density at radius 2 is 1.37 bits per heavy atom. The van der Waals surface area contributed by atoms with Crippen LogP contribution in [0.4, 0.5) is 10.1 Å². The van der Waals surface area contributed by atoms with Crippen LogP contribution < -0.4 is 19.5 Å². The third-order valence-electron chi connectivity index (χ3n) is 7.28. The molecule has 5 aromatic carbocycles. The van der Waals surface area contributed by atoms with Crippen molar-refractivity contribution in [1.82, 2.24) is 0 Å². The second-order valence-corrected chi connectivity index (χ2v) is 10.4. The molecule has 220 valence electrons. The smallest absolute Gasteiger partial charge is 0.170 e. The number of hydrogen-bond acceptors (Lipinski definition) is 6. The lowest BCUT2D eigenvalue weighted by Crippen LogP contribution is -2.01. The second-order valence-electron chi connectivity index (χ2n) is 10.4. The maximum atomic E-state index is 15.5. The van der Waals surface area contributed by atoms with Gasteiger partial charge in [-0.1, -0.05) is 65.7 Å². The van der Waals surface area contributed by atoms with Gasteiger partial charge in [-0.2, -0.15) is 0 Å². The number of benzene rings is 5. The molecule has 0 unspecified atom stereocenters. The van der Waals surface area contributed by atoms with Crippen LogP contribution >= 0.6 is 0 Å². The van der Waals surface area contributed by atoms with Crippen molar-refractivity contribution in [2.45, 2.75) is 27.0 Å². The van der Waals surface area contributed by atoms with Crippen LogP contribution in [0.2, 0.25) is 0 Å². The van der Waals surface area contributed by atoms with Gasteiger partial charge in [-0.25, -0.2) is 4.39 Å². The molecule has 0 saturated heterocycles. The first-order valence-electron chi connectivity index (χ1n) is 13.9. The Kier molecular flexibility index (Phi) is 8.71. The molecule has 43 heavy (non-hydrogen) atoms. The molecule has 6 nitrogen and oxygen atoms in total. The molecule has 0 amide bonds. The maximum absolute atomic E-state index is 15.5. The minimum atomic E-state index is -0.492. The predicted molar refractivity (Wildman–Crippen MR) is 168 cm³/mol. The zero-order valence-corrected chi connectivity index (χ0v) is 24.6. The van der Waals surface area contributed by atoms with Crippen LogP contribution in [0.15, 0.2) is 91.0 Å². The van der Waals surface area contributed by atoms with Crippen LogP contribution in [-0.2, 0) is 13.2 Å². The summed E-state index contributed by atoms with van der Waals surface area (Å²) in [7, 11) is 2.87. The van der Waals surface area contributed by atoms with Gasteiger partial charge in [0.2, 0.25) is 0 Å². The summed E-state index contributed by atoms with van der Waals surface area (Å²) in [6.07, 6.45) is 0. The first kappa shape index (κ1) is 29.3. The highest BCUT2D eigenvalue weighted by atomic mass is 19.1. The summed E-state index contributed by atoms with van der Waals surface area (Å²) >= 11 is 0. The van der Waals surface area contributed by atoms with Crippen molar-refractivity contribution in [2.75, 3.05) is 19.5 Å². The fourth-order valence-electron chi connectivity index (χ4n) is 4.87. The zero-order valence-electron chi connectivity index (χ0n) is 24.6. The summed E-state index contributed by atoms with van der Waals surface area (Å²) < 4.78 is 32.5. The van der Waals surface area contributed by atoms with E-state index in [1.165, 1.54) is 31.9 Å². The molecule has 0 spiro atoms. The fraction of sp³-hybridized carbons (Fsp3) is 0.167. The fourth-order valence-corrected chi connectivity index (χ4v) is 4.87. The monoisotopic (exact) mass is 579 g/mol. The molecule has 0 aliphatic heterocycles. The molecule has 0 bridgehead atoms. The average molecular weight is 580 g/mol. The van der Waals surface area contributed by atoms with Crippen molar-refractivity contribution in [3.63, 3.8) is 0 Å². The van der Waals surface area contributed by atoms with E-state index in [1.807, 2.05) is 62.4 Å². The molecule has 7 heteroatoms. The van der Waals surface area contributed by atoms with E-state index >= 15 is 4.39 Å². The molecule has 3 N–H and O–H groups in total. The topological polar surface area (TPSA) is 80.2 Å². The van der Waals surface area contributed by atoms with Crippen molar-refractivity contribution >= 4 is 5.69 Å². The predicted octanol–water partition coefficient (Wildman–Crippen LogP) is 8.40. The van der Waals surface area contributed by atoms with Gasteiger partial charge < -0.3 is 29.7 Å². The highest BCUT2D eigenvalue weighted by molar-refractivity contribution is 5.88. The summed E-state index contributed by atoms with van der Waals surface area (Å²) in [5.41, 5.74) is 6.32. The third-order valence-corrected chi connectivity index (χ3v) is 7.28. The second kappa shape index (κ2) is 12.8. The lowest BCUT2D eigenvalue weighted by molar-refractivity contribution is 0.289. The molecule has 0 heterocycles. The lowest BCUT2D eigenvalue weighted by Gasteiger charge is -2.19. The number of anilines is 1. The number of hydrogen-bond donors (Lipinski definition) is 3. The van der Waals surface area contributed by atoms with E-state index in [4.69, 9.17) is 14.2 Å². The number of ether oxygens (including phenoxy) is 3. The van der Waals surface area contributed by atoms with Crippen LogP contribution in [0.3, 0.4) is 0 Å². The van der Waals surface area contributed by atoms with Crippen molar-refractivity contribution in [2.24, 2.45) is 0 Å². The van der Waals surface area contributed by atoms with Gasteiger partial charge in [-0.3, -0.25) is 0 Å². The summed E-state index contributed by atoms with van der Waals surface area (Å²) in [5, 5.41) is 25.3. The van der Waals surface area contributed by atoms with Crippen LogP contribution in [0.5, 0.6) is 28.7 Å². The Morgan fingerprint density at radius 3 is 1.98 bits per heavy atom. The molecule has 5 rings (SSSR count). The molecular formula is C36H34FNO5. The van der Waals surface area contributed by atoms with Crippen LogP contribution in [0.1, 0.15) is 22.3 Å². The van der Waals surface area contributed by atoms with Gasteiger partial charge in [0.05, 0.1) is 19.8 Å². The van der Waals surface area contributed by atoms with Crippen molar-refractivity contribution < 1.29 is 28.8 Å². The van der Waals surface area contributed by atoms with E-state index in [2.05, 4.69) is 5.32 Å². The zero-order chi connectivity index (χ0) is 30.5. The van der Waals surface area contributed by atoms with E-state index in [-0.39, 0.29) is 35.2 Å². The van der Waals surface area contributed by atoms with Gasteiger partial charge in [-0.05, 0) is 66.9 Å². The van der Waals surface area contributed by atoms with Gasteiger partial charge in [0.25, 0.3) is 0 Å². The summed E-state index contributed by atoms with van der Waals surface area (Å²) in [5.74, 6) is -0.186. The number of nitrogens with one attached hydrogen (secondary N) is 1. The van der Waals surface area contributed by atoms with Crippen molar-refractivity contribution in [3.05, 3.63) is 119 Å². The Bertz CT molecular complexity index is 1730. The highest BCUT2D eigenvalue weighted by Gasteiger charge is 2.24. The van der Waals surface area contributed by atoms with Crippen LogP contribution in [-0.4, -0.2) is 24.4 Å². The van der Waals surface area contributed by atoms with Crippen LogP contribution in [0, 0.1) is 19.7 Å². The lowest BCUT2D eigenvalue weighted by atomic mass is 9.95. The highest BCUT2D eigenvalue weighted by Crippen LogP contribution is 2.50. The first-order chi connectivity index (χ1) is 20.8. The molecule has 0 aromatic heterocycles. The number of phenols is 2. The van der Waals surface area contributed by atoms with Gasteiger partial charge >= 0.3 is 0 Å². The molecule has 0 radical (unpaired) electrons. The van der Waals surface area contributed by atoms with Crippen LogP contribution in [0.25, 0.3) is 22.3 Å². The van der Waals surface area contributed by atoms with E-state index in [0.29, 0.717) is 34.7 Å². The first-order valence-corrected chi connectivity index (χ1v) is 13.9. The molecule has 0 saturated carbocycles. The average Bonchev–Trinajstić information content (AvgIpc) is 3.00. The molecule has 0 atom stereocenters. The van der Waals surface area contributed by atoms with E-state index < -0.39 is 5.82 Å². The molecule has 0 fully saturated rings. The van der Waals surface area contributed by atoms with Crippen molar-refractivity contribution in [3.8, 4) is 51.0 Å². The Labute approximate surface area is 250 Å². The molecule has 0 aliphatic carbocycles. The van der Waals surface area contributed by atoms with E-state index in [1.54, 1.807) is 30.3 Å². The quantitative estimate of drug-likeness (QED) is 0.154. The standard InChI is InChI=1S/C36H34FNO5/c1-22-5-9-24(10-6-22)20-38-27-14-15-28(30(37)18-27)29-19-33(41-3)34(35(40)36(29)42-4)26-13-16-32(31(39)17-26)43-21-25-11-7-23(2)8-12-25/h5-19,38-40H,20-21H2,1-4H3. The molecule has 0 aliphatic rings. The number of halogens is 1.